The lowest BCUT2D eigenvalue weighted by Crippen LogP contribution is -2.46. The van der Waals surface area contributed by atoms with Gasteiger partial charge in [-0.15, -0.1) is 0 Å². The van der Waals surface area contributed by atoms with Crippen molar-refractivity contribution in [2.24, 2.45) is 0 Å². The van der Waals surface area contributed by atoms with E-state index in [2.05, 4.69) is 5.10 Å². The molecular formula is C23H25ClN4O5. The second kappa shape index (κ2) is 10.4. The predicted octanol–water partition coefficient (Wildman–Crippen LogP) is 2.60. The van der Waals surface area contributed by atoms with Crippen molar-refractivity contribution in [2.75, 3.05) is 27.3 Å². The molecule has 0 aliphatic carbocycles. The highest BCUT2D eigenvalue weighted by Gasteiger charge is 2.24. The second-order valence-electron chi connectivity index (χ2n) is 7.04. The number of methoxy groups -OCH3 is 2. The van der Waals surface area contributed by atoms with Crippen LogP contribution < -0.4 is 20.7 Å². The molecule has 0 saturated carbocycles. The predicted molar refractivity (Wildman–Crippen MR) is 125 cm³/mol. The normalized spacial score (nSPS) is 10.7. The Morgan fingerprint density at radius 1 is 1.03 bits per heavy atom. The Morgan fingerprint density at radius 2 is 1.70 bits per heavy atom. The summed E-state index contributed by atoms with van der Waals surface area (Å²) in [6.45, 7) is 4.25. The van der Waals surface area contributed by atoms with Crippen molar-refractivity contribution in [3.63, 3.8) is 0 Å². The van der Waals surface area contributed by atoms with Crippen molar-refractivity contribution in [1.29, 1.82) is 0 Å². The van der Waals surface area contributed by atoms with Crippen molar-refractivity contribution in [3.05, 3.63) is 79.6 Å². The van der Waals surface area contributed by atoms with Crippen LogP contribution in [0.1, 0.15) is 29.9 Å². The van der Waals surface area contributed by atoms with Gasteiger partial charge in [0.25, 0.3) is 11.5 Å². The maximum absolute atomic E-state index is 13.4. The Bertz CT molecular complexity index is 1280. The molecule has 0 bridgehead atoms. The number of hydrogen-bond donors (Lipinski definition) is 0. The van der Waals surface area contributed by atoms with E-state index in [0.29, 0.717) is 40.9 Å². The molecule has 0 aliphatic heterocycles. The van der Waals surface area contributed by atoms with Gasteiger partial charge >= 0.3 is 5.69 Å². The Morgan fingerprint density at radius 3 is 2.30 bits per heavy atom. The van der Waals surface area contributed by atoms with Gasteiger partial charge in [-0.3, -0.25) is 14.2 Å². The molecule has 1 heterocycles. The van der Waals surface area contributed by atoms with Crippen molar-refractivity contribution in [3.8, 4) is 17.2 Å². The standard InChI is InChI=1S/C23H25ClN4O5/c1-5-26(6-2)21(29)20-22(30)27(14-15-9-7-8-10-17(15)24)23(31)28(25-20)16-11-12-18(32-3)19(13-16)33-4/h7-13H,5-6,14H2,1-4H3. The van der Waals surface area contributed by atoms with Crippen LogP contribution in [0.5, 0.6) is 11.5 Å². The minimum Gasteiger partial charge on any atom is -0.493 e. The van der Waals surface area contributed by atoms with Gasteiger partial charge in [-0.05, 0) is 37.6 Å². The first-order chi connectivity index (χ1) is 15.9. The maximum atomic E-state index is 13.4. The highest BCUT2D eigenvalue weighted by molar-refractivity contribution is 6.31. The molecule has 3 rings (SSSR count). The first-order valence-electron chi connectivity index (χ1n) is 10.3. The third-order valence-corrected chi connectivity index (χ3v) is 5.58. The van der Waals surface area contributed by atoms with Crippen LogP contribution in [0.3, 0.4) is 0 Å². The SMILES string of the molecule is CCN(CC)C(=O)c1nn(-c2ccc(OC)c(OC)c2)c(=O)n(Cc2ccccc2Cl)c1=O. The molecule has 1 amide bonds. The lowest BCUT2D eigenvalue weighted by Gasteiger charge is -2.19. The van der Waals surface area contributed by atoms with Crippen molar-refractivity contribution >= 4 is 17.5 Å². The zero-order chi connectivity index (χ0) is 24.1. The van der Waals surface area contributed by atoms with Gasteiger partial charge < -0.3 is 14.4 Å². The molecular weight excluding hydrogens is 448 g/mol. The van der Waals surface area contributed by atoms with Gasteiger partial charge in [0.05, 0.1) is 26.5 Å². The molecule has 0 spiro atoms. The van der Waals surface area contributed by atoms with Crippen molar-refractivity contribution < 1.29 is 14.3 Å². The zero-order valence-electron chi connectivity index (χ0n) is 18.9. The first kappa shape index (κ1) is 24.1. The molecule has 0 unspecified atom stereocenters. The monoisotopic (exact) mass is 472 g/mol. The van der Waals surface area contributed by atoms with Gasteiger partial charge in [0, 0.05) is 24.2 Å². The average Bonchev–Trinajstić information content (AvgIpc) is 2.83. The van der Waals surface area contributed by atoms with Gasteiger partial charge in [0.1, 0.15) is 0 Å². The van der Waals surface area contributed by atoms with Crippen LogP contribution in [0.25, 0.3) is 5.69 Å². The molecule has 0 N–H and O–H groups in total. The summed E-state index contributed by atoms with van der Waals surface area (Å²) in [6, 6.07) is 11.6. The third kappa shape index (κ3) is 4.78. The lowest BCUT2D eigenvalue weighted by atomic mass is 10.2. The Balaban J connectivity index is 2.28. The van der Waals surface area contributed by atoms with Crippen molar-refractivity contribution in [2.45, 2.75) is 20.4 Å². The van der Waals surface area contributed by atoms with Crippen LogP contribution in [-0.2, 0) is 6.54 Å². The van der Waals surface area contributed by atoms with Gasteiger partial charge in [-0.25, -0.2) is 4.79 Å². The van der Waals surface area contributed by atoms with E-state index in [4.69, 9.17) is 21.1 Å². The summed E-state index contributed by atoms with van der Waals surface area (Å²) >= 11 is 6.26. The van der Waals surface area contributed by atoms with Crippen LogP contribution in [0.4, 0.5) is 0 Å². The van der Waals surface area contributed by atoms with E-state index in [9.17, 15) is 14.4 Å². The van der Waals surface area contributed by atoms with Crippen LogP contribution in [0.15, 0.2) is 52.1 Å². The fourth-order valence-corrected chi connectivity index (χ4v) is 3.57. The Kier molecular flexibility index (Phi) is 7.55. The van der Waals surface area contributed by atoms with E-state index in [1.165, 1.54) is 19.1 Å². The highest BCUT2D eigenvalue weighted by atomic mass is 35.5. The summed E-state index contributed by atoms with van der Waals surface area (Å²) in [4.78, 5) is 41.2. The number of carbonyl (C=O) groups is 1. The summed E-state index contributed by atoms with van der Waals surface area (Å²) in [5.74, 6) is 0.259. The summed E-state index contributed by atoms with van der Waals surface area (Å²) in [5, 5.41) is 4.56. The molecule has 0 aliphatic rings. The molecule has 0 saturated heterocycles. The second-order valence-corrected chi connectivity index (χ2v) is 7.45. The first-order valence-corrected chi connectivity index (χ1v) is 10.7. The molecule has 0 radical (unpaired) electrons. The number of carbonyl (C=O) groups excluding carboxylic acids is 1. The molecule has 3 aromatic rings. The highest BCUT2D eigenvalue weighted by Crippen LogP contribution is 2.28. The minimum absolute atomic E-state index is 0.119. The fraction of sp³-hybridized carbons (Fsp3) is 0.304. The Hall–Kier alpha value is -3.59. The van der Waals surface area contributed by atoms with E-state index in [0.717, 1.165) is 9.25 Å². The van der Waals surface area contributed by atoms with Gasteiger partial charge in [0.15, 0.2) is 11.5 Å². The fourth-order valence-electron chi connectivity index (χ4n) is 3.37. The van der Waals surface area contributed by atoms with E-state index in [1.807, 2.05) is 0 Å². The van der Waals surface area contributed by atoms with Crippen LogP contribution in [-0.4, -0.2) is 52.5 Å². The molecule has 2 aromatic carbocycles. The smallest absolute Gasteiger partial charge is 0.352 e. The molecule has 0 atom stereocenters. The number of halogens is 1. The number of benzene rings is 2. The topological polar surface area (TPSA) is 95.7 Å². The third-order valence-electron chi connectivity index (χ3n) is 5.21. The van der Waals surface area contributed by atoms with Gasteiger partial charge in [-0.1, -0.05) is 29.8 Å². The number of ether oxygens (including phenoxy) is 2. The largest absolute Gasteiger partial charge is 0.493 e. The average molecular weight is 473 g/mol. The quantitative estimate of drug-likeness (QED) is 0.500. The van der Waals surface area contributed by atoms with Crippen molar-refractivity contribution in [1.82, 2.24) is 19.2 Å². The summed E-state index contributed by atoms with van der Waals surface area (Å²) in [7, 11) is 2.96. The molecule has 0 fully saturated rings. The molecule has 174 valence electrons. The Labute approximate surface area is 195 Å². The molecule has 33 heavy (non-hydrogen) atoms. The summed E-state index contributed by atoms with van der Waals surface area (Å²) in [5.41, 5.74) is -0.999. The minimum atomic E-state index is -0.784. The molecule has 9 nitrogen and oxygen atoms in total. The number of hydrogen-bond acceptors (Lipinski definition) is 6. The molecule has 1 aromatic heterocycles. The van der Waals surface area contributed by atoms with E-state index < -0.39 is 17.2 Å². The summed E-state index contributed by atoms with van der Waals surface area (Å²) in [6.07, 6.45) is 0. The van der Waals surface area contributed by atoms with Crippen LogP contribution in [0, 0.1) is 0 Å². The molecule has 10 heteroatoms. The van der Waals surface area contributed by atoms with E-state index in [-0.39, 0.29) is 12.2 Å². The maximum Gasteiger partial charge on any atom is 0.352 e. The number of amides is 1. The van der Waals surface area contributed by atoms with Crippen LogP contribution in [0.2, 0.25) is 5.02 Å². The van der Waals surface area contributed by atoms with E-state index in [1.54, 1.807) is 56.3 Å². The van der Waals surface area contributed by atoms with Crippen LogP contribution >= 0.6 is 11.6 Å². The van der Waals surface area contributed by atoms with Gasteiger partial charge in [-0.2, -0.15) is 9.78 Å². The summed E-state index contributed by atoms with van der Waals surface area (Å²) < 4.78 is 12.5. The van der Waals surface area contributed by atoms with E-state index >= 15 is 0 Å². The number of rotatable bonds is 8. The number of aromatic nitrogens is 3. The number of nitrogens with zero attached hydrogens (tertiary/aromatic N) is 4. The zero-order valence-corrected chi connectivity index (χ0v) is 19.6. The van der Waals surface area contributed by atoms with Gasteiger partial charge in [0.2, 0.25) is 5.69 Å². The lowest BCUT2D eigenvalue weighted by molar-refractivity contribution is 0.0761.